The Balaban J connectivity index is 1.77. The smallest absolute Gasteiger partial charge is 0.0267 e. The fourth-order valence-electron chi connectivity index (χ4n) is 3.51. The quantitative estimate of drug-likeness (QED) is 0.773. The lowest BCUT2D eigenvalue weighted by molar-refractivity contribution is 0.151. The molecular weight excluding hydrogens is 248 g/mol. The molecule has 2 heterocycles. The first kappa shape index (κ1) is 13.8. The van der Waals surface area contributed by atoms with Crippen LogP contribution < -0.4 is 0 Å². The van der Waals surface area contributed by atoms with Crippen LogP contribution in [0.3, 0.4) is 0 Å². The Morgan fingerprint density at radius 3 is 2.05 bits per heavy atom. The van der Waals surface area contributed by atoms with Crippen LogP contribution in [-0.4, -0.2) is 27.6 Å². The molecule has 0 saturated heterocycles. The van der Waals surface area contributed by atoms with Crippen molar-refractivity contribution >= 4 is 0 Å². The molecule has 0 atom stereocenters. The summed E-state index contributed by atoms with van der Waals surface area (Å²) in [5.41, 5.74) is 3.28. The minimum Gasteiger partial charge on any atom is -0.784 e. The number of hydrogen-bond acceptors (Lipinski definition) is 3. The summed E-state index contributed by atoms with van der Waals surface area (Å²) in [6.07, 6.45) is 2.16. The van der Waals surface area contributed by atoms with E-state index in [2.05, 4.69) is 35.2 Å². The van der Waals surface area contributed by atoms with Crippen LogP contribution in [0.25, 0.3) is 0 Å². The summed E-state index contributed by atoms with van der Waals surface area (Å²) in [5, 5.41) is 13.6. The summed E-state index contributed by atoms with van der Waals surface area (Å²) in [7, 11) is 0. The molecule has 0 unspecified atom stereocenters. The minimum atomic E-state index is -0.404. The number of fused-ring (bicyclic) bond motifs is 1. The van der Waals surface area contributed by atoms with E-state index in [1.165, 1.54) is 21.8 Å². The topological polar surface area (TPSA) is 29.5 Å². The van der Waals surface area contributed by atoms with Crippen LogP contribution in [0.15, 0.2) is 35.9 Å². The summed E-state index contributed by atoms with van der Waals surface area (Å²) in [6.45, 7) is 10.9. The summed E-state index contributed by atoms with van der Waals surface area (Å²) >= 11 is 0. The lowest BCUT2D eigenvalue weighted by atomic mass is 9.96. The molecule has 0 N–H and O–H groups in total. The molecule has 2 aliphatic heterocycles. The average Bonchev–Trinajstić information content (AvgIpc) is 2.84. The van der Waals surface area contributed by atoms with Crippen LogP contribution in [0.2, 0.25) is 0 Å². The molecule has 108 valence electrons. The van der Waals surface area contributed by atoms with Gasteiger partial charge in [0.05, 0.1) is 0 Å². The molecule has 0 bridgehead atoms. The van der Waals surface area contributed by atoms with Crippen molar-refractivity contribution in [1.82, 2.24) is 9.96 Å². The highest BCUT2D eigenvalue weighted by molar-refractivity contribution is 5.35. The fraction of sp³-hybridized carbons (Fsp3) is 0.529. The third-order valence-electron chi connectivity index (χ3n) is 4.64. The van der Waals surface area contributed by atoms with Crippen molar-refractivity contribution < 1.29 is 0 Å². The van der Waals surface area contributed by atoms with E-state index in [0.717, 1.165) is 19.6 Å². The van der Waals surface area contributed by atoms with Crippen LogP contribution in [0.1, 0.15) is 38.8 Å². The van der Waals surface area contributed by atoms with Gasteiger partial charge in [-0.25, -0.2) is 0 Å². The number of benzene rings is 1. The monoisotopic (exact) mass is 271 g/mol. The second kappa shape index (κ2) is 4.42. The van der Waals surface area contributed by atoms with Crippen molar-refractivity contribution in [3.05, 3.63) is 52.2 Å². The van der Waals surface area contributed by atoms with Crippen molar-refractivity contribution in [3.63, 3.8) is 0 Å². The Kier molecular flexibility index (Phi) is 3.05. The van der Waals surface area contributed by atoms with Gasteiger partial charge >= 0.3 is 0 Å². The highest BCUT2D eigenvalue weighted by atomic mass is 16.5. The van der Waals surface area contributed by atoms with E-state index in [9.17, 15) is 5.21 Å². The van der Waals surface area contributed by atoms with Gasteiger partial charge in [-0.1, -0.05) is 30.3 Å². The molecule has 3 heteroatoms. The van der Waals surface area contributed by atoms with Gasteiger partial charge in [0.1, 0.15) is 0 Å². The molecule has 0 amide bonds. The van der Waals surface area contributed by atoms with Crippen molar-refractivity contribution in [1.29, 1.82) is 0 Å². The van der Waals surface area contributed by atoms with Crippen LogP contribution in [0.5, 0.6) is 0 Å². The van der Waals surface area contributed by atoms with Crippen molar-refractivity contribution in [2.75, 3.05) is 6.54 Å². The Labute approximate surface area is 121 Å². The third-order valence-corrected chi connectivity index (χ3v) is 4.64. The molecular formula is C17H23N2O-. The average molecular weight is 271 g/mol. The van der Waals surface area contributed by atoms with E-state index in [1.54, 1.807) is 0 Å². The maximum absolute atomic E-state index is 12.4. The van der Waals surface area contributed by atoms with E-state index in [-0.39, 0.29) is 0 Å². The second-order valence-corrected chi connectivity index (χ2v) is 7.09. The van der Waals surface area contributed by atoms with Crippen LogP contribution in [0, 0.1) is 5.21 Å². The third kappa shape index (κ3) is 2.10. The van der Waals surface area contributed by atoms with Gasteiger partial charge in [0.15, 0.2) is 0 Å². The Morgan fingerprint density at radius 1 is 1.05 bits per heavy atom. The van der Waals surface area contributed by atoms with E-state index < -0.39 is 11.1 Å². The predicted octanol–water partition coefficient (Wildman–Crippen LogP) is 3.30. The largest absolute Gasteiger partial charge is 0.784 e. The Bertz CT molecular complexity index is 535. The van der Waals surface area contributed by atoms with Gasteiger partial charge in [-0.15, -0.1) is 0 Å². The zero-order valence-electron chi connectivity index (χ0n) is 12.8. The molecule has 0 fully saturated rings. The highest BCUT2D eigenvalue weighted by Gasteiger charge is 2.40. The molecule has 0 saturated carbocycles. The van der Waals surface area contributed by atoms with Gasteiger partial charge in [-0.05, 0) is 44.4 Å². The van der Waals surface area contributed by atoms with Gasteiger partial charge in [-0.2, -0.15) is 0 Å². The molecule has 0 radical (unpaired) electrons. The molecule has 3 nitrogen and oxygen atoms in total. The van der Waals surface area contributed by atoms with Crippen LogP contribution in [0.4, 0.5) is 0 Å². The Morgan fingerprint density at radius 2 is 1.60 bits per heavy atom. The van der Waals surface area contributed by atoms with E-state index in [1.807, 2.05) is 27.7 Å². The maximum atomic E-state index is 12.4. The summed E-state index contributed by atoms with van der Waals surface area (Å²) in [5.74, 6) is 0. The molecule has 20 heavy (non-hydrogen) atoms. The lowest BCUT2D eigenvalue weighted by Crippen LogP contribution is -2.47. The summed E-state index contributed by atoms with van der Waals surface area (Å²) < 4.78 is 0. The number of hydroxylamine groups is 2. The Hall–Kier alpha value is -1.16. The molecule has 1 aromatic carbocycles. The molecule has 0 aliphatic carbocycles. The standard InChI is InChI=1S/C17H23N2O/c1-16(2)9-15(17(3,4)19(16)20)12-18-10-13-7-5-6-8-14(13)11-18/h5-9H,10-12H2,1-4H3/q-1. The molecule has 3 rings (SSSR count). The zero-order valence-corrected chi connectivity index (χ0v) is 12.8. The fourth-order valence-corrected chi connectivity index (χ4v) is 3.51. The highest BCUT2D eigenvalue weighted by Crippen LogP contribution is 2.40. The van der Waals surface area contributed by atoms with Gasteiger partial charge in [0.25, 0.3) is 0 Å². The molecule has 2 aliphatic rings. The van der Waals surface area contributed by atoms with Crippen LogP contribution in [-0.2, 0) is 13.1 Å². The minimum absolute atomic E-state index is 0.397. The zero-order chi connectivity index (χ0) is 14.5. The van der Waals surface area contributed by atoms with Gasteiger partial charge in [0, 0.05) is 30.7 Å². The van der Waals surface area contributed by atoms with Gasteiger partial charge in [0.2, 0.25) is 0 Å². The predicted molar refractivity (Wildman–Crippen MR) is 82.0 cm³/mol. The van der Waals surface area contributed by atoms with Gasteiger partial charge in [-0.3, -0.25) is 4.90 Å². The number of nitrogens with zero attached hydrogens (tertiary/aromatic N) is 2. The van der Waals surface area contributed by atoms with Crippen molar-refractivity contribution in [3.8, 4) is 0 Å². The van der Waals surface area contributed by atoms with Crippen molar-refractivity contribution in [2.45, 2.75) is 51.9 Å². The molecule has 0 aromatic heterocycles. The van der Waals surface area contributed by atoms with E-state index in [4.69, 9.17) is 0 Å². The van der Waals surface area contributed by atoms with Crippen LogP contribution >= 0.6 is 0 Å². The molecule has 0 spiro atoms. The number of hydrogen-bond donors (Lipinski definition) is 0. The second-order valence-electron chi connectivity index (χ2n) is 7.09. The maximum Gasteiger partial charge on any atom is 0.0267 e. The van der Waals surface area contributed by atoms with E-state index >= 15 is 0 Å². The van der Waals surface area contributed by atoms with E-state index in [0.29, 0.717) is 0 Å². The normalized spacial score (nSPS) is 24.8. The summed E-state index contributed by atoms with van der Waals surface area (Å²) in [4.78, 5) is 2.42. The SMILES string of the molecule is CC1(C)C=C(CN2Cc3ccccc3C2)C(C)(C)N1[O-]. The molecule has 1 aromatic rings. The summed E-state index contributed by atoms with van der Waals surface area (Å²) in [6, 6.07) is 8.61. The first-order valence-electron chi connectivity index (χ1n) is 7.29. The first-order valence-corrected chi connectivity index (χ1v) is 7.29. The van der Waals surface area contributed by atoms with Crippen molar-refractivity contribution in [2.24, 2.45) is 0 Å². The lowest BCUT2D eigenvalue weighted by Gasteiger charge is -2.48. The first-order chi connectivity index (χ1) is 9.30. The number of rotatable bonds is 2. The van der Waals surface area contributed by atoms with Gasteiger partial charge < -0.3 is 10.3 Å².